The van der Waals surface area contributed by atoms with Gasteiger partial charge in [0.1, 0.15) is 12.4 Å². The van der Waals surface area contributed by atoms with Crippen molar-refractivity contribution in [3.8, 4) is 17.0 Å². The van der Waals surface area contributed by atoms with Crippen LogP contribution >= 0.6 is 22.9 Å². The maximum Gasteiger partial charge on any atom is 0.271 e. The number of carbonyl (C=O) groups excluding carboxylic acids is 1. The van der Waals surface area contributed by atoms with Crippen molar-refractivity contribution in [1.29, 1.82) is 0 Å². The zero-order chi connectivity index (χ0) is 29.6. The molecule has 212 valence electrons. The Labute approximate surface area is 258 Å². The van der Waals surface area contributed by atoms with E-state index < -0.39 is 0 Å². The fourth-order valence-corrected chi connectivity index (χ4v) is 5.49. The third-order valence-corrected chi connectivity index (χ3v) is 7.85. The minimum absolute atomic E-state index is 0.331. The van der Waals surface area contributed by atoms with Gasteiger partial charge in [-0.1, -0.05) is 83.9 Å². The number of fused-ring (bicyclic) bond motifs is 1. The predicted octanol–water partition coefficient (Wildman–Crippen LogP) is 9.01. The summed E-state index contributed by atoms with van der Waals surface area (Å²) in [6, 6.07) is 35.1. The molecule has 5 aromatic carbocycles. The summed E-state index contributed by atoms with van der Waals surface area (Å²) in [5.74, 6) is 0.280. The summed E-state index contributed by atoms with van der Waals surface area (Å²) >= 11 is 7.78. The van der Waals surface area contributed by atoms with Gasteiger partial charge in [-0.2, -0.15) is 5.10 Å². The van der Waals surface area contributed by atoms with E-state index in [1.807, 2.05) is 53.9 Å². The Morgan fingerprint density at radius 2 is 1.74 bits per heavy atom. The molecule has 8 heteroatoms. The molecule has 1 amide bonds. The summed E-state index contributed by atoms with van der Waals surface area (Å²) in [6.45, 7) is 2.44. The van der Waals surface area contributed by atoms with E-state index in [0.29, 0.717) is 28.5 Å². The number of anilines is 2. The van der Waals surface area contributed by atoms with Gasteiger partial charge in [0.25, 0.3) is 5.91 Å². The molecule has 43 heavy (non-hydrogen) atoms. The fourth-order valence-electron chi connectivity index (χ4n) is 4.57. The van der Waals surface area contributed by atoms with Crippen LogP contribution < -0.4 is 15.5 Å². The molecular formula is C35H27ClN4O2S. The van der Waals surface area contributed by atoms with Crippen LogP contribution in [-0.2, 0) is 6.61 Å². The summed E-state index contributed by atoms with van der Waals surface area (Å²) in [6.07, 6.45) is 1.54. The van der Waals surface area contributed by atoms with Crippen molar-refractivity contribution >= 4 is 56.7 Å². The number of aryl methyl sites for hydroxylation is 1. The number of hydrogen-bond acceptors (Lipinski definition) is 6. The first kappa shape index (κ1) is 28.2. The number of benzene rings is 5. The lowest BCUT2D eigenvalue weighted by molar-refractivity contribution is 0.0955. The third kappa shape index (κ3) is 6.92. The molecule has 0 spiro atoms. The summed E-state index contributed by atoms with van der Waals surface area (Å²) in [7, 11) is 0. The molecule has 0 radical (unpaired) electrons. The highest BCUT2D eigenvalue weighted by Crippen LogP contribution is 2.28. The largest absolute Gasteiger partial charge is 0.488 e. The topological polar surface area (TPSA) is 75.6 Å². The number of hydrazone groups is 1. The van der Waals surface area contributed by atoms with E-state index in [1.165, 1.54) is 23.1 Å². The average molecular weight is 603 g/mol. The maximum absolute atomic E-state index is 12.8. The van der Waals surface area contributed by atoms with Crippen molar-refractivity contribution in [2.75, 3.05) is 5.32 Å². The molecule has 0 atom stereocenters. The molecular weight excluding hydrogens is 576 g/mol. The second-order valence-electron chi connectivity index (χ2n) is 9.91. The molecule has 6 rings (SSSR count). The maximum atomic E-state index is 12.8. The third-order valence-electron chi connectivity index (χ3n) is 6.85. The molecule has 0 fully saturated rings. The average Bonchev–Trinajstić information content (AvgIpc) is 3.50. The van der Waals surface area contributed by atoms with Gasteiger partial charge in [-0.05, 0) is 65.7 Å². The lowest BCUT2D eigenvalue weighted by Crippen LogP contribution is -2.17. The van der Waals surface area contributed by atoms with E-state index in [-0.39, 0.29) is 5.91 Å². The van der Waals surface area contributed by atoms with Gasteiger partial charge in [0.2, 0.25) is 0 Å². The Morgan fingerprint density at radius 1 is 0.953 bits per heavy atom. The van der Waals surface area contributed by atoms with Crippen molar-refractivity contribution < 1.29 is 9.53 Å². The number of rotatable bonds is 9. The lowest BCUT2D eigenvalue weighted by Gasteiger charge is -2.11. The van der Waals surface area contributed by atoms with Gasteiger partial charge in [0.05, 0.1) is 11.9 Å². The molecule has 0 aliphatic heterocycles. The van der Waals surface area contributed by atoms with Crippen molar-refractivity contribution in [3.63, 3.8) is 0 Å². The first-order valence-electron chi connectivity index (χ1n) is 13.6. The molecule has 0 unspecified atom stereocenters. The number of ether oxygens (including phenoxy) is 1. The highest BCUT2D eigenvalue weighted by molar-refractivity contribution is 7.14. The molecule has 0 aliphatic rings. The fraction of sp³-hybridized carbons (Fsp3) is 0.0571. The van der Waals surface area contributed by atoms with Crippen LogP contribution in [0.5, 0.6) is 5.75 Å². The molecule has 0 aliphatic carbocycles. The normalized spacial score (nSPS) is 11.1. The van der Waals surface area contributed by atoms with Crippen LogP contribution in [0.15, 0.2) is 120 Å². The Bertz CT molecular complexity index is 1910. The number of halogens is 1. The van der Waals surface area contributed by atoms with Crippen LogP contribution in [0.4, 0.5) is 10.8 Å². The highest BCUT2D eigenvalue weighted by Gasteiger charge is 2.10. The van der Waals surface area contributed by atoms with Crippen LogP contribution in [0, 0.1) is 6.92 Å². The Kier molecular flexibility index (Phi) is 8.45. The highest BCUT2D eigenvalue weighted by atomic mass is 35.5. The molecule has 2 N–H and O–H groups in total. The van der Waals surface area contributed by atoms with E-state index in [9.17, 15) is 4.79 Å². The van der Waals surface area contributed by atoms with E-state index in [4.69, 9.17) is 16.3 Å². The van der Waals surface area contributed by atoms with Gasteiger partial charge >= 0.3 is 0 Å². The Balaban J connectivity index is 1.08. The number of aromatic nitrogens is 1. The smallest absolute Gasteiger partial charge is 0.271 e. The SMILES string of the molecule is Cc1ccc(Nc2nc(-c3ccc(C(=O)N/N=C\c4cc(Cl)ccc4OCc4cccc5ccccc45)cc3)cs2)cc1. The van der Waals surface area contributed by atoms with Crippen LogP contribution in [-0.4, -0.2) is 17.1 Å². The second-order valence-corrected chi connectivity index (χ2v) is 11.2. The number of carbonyl (C=O) groups is 1. The van der Waals surface area contributed by atoms with Crippen LogP contribution in [0.2, 0.25) is 5.02 Å². The Morgan fingerprint density at radius 3 is 2.58 bits per heavy atom. The van der Waals surface area contributed by atoms with Gasteiger partial charge in [-0.15, -0.1) is 11.3 Å². The lowest BCUT2D eigenvalue weighted by atomic mass is 10.1. The van der Waals surface area contributed by atoms with Crippen molar-refractivity contribution in [2.45, 2.75) is 13.5 Å². The molecule has 0 saturated carbocycles. The minimum Gasteiger partial charge on any atom is -0.488 e. The molecule has 1 aromatic heterocycles. The number of amides is 1. The zero-order valence-corrected chi connectivity index (χ0v) is 24.8. The zero-order valence-electron chi connectivity index (χ0n) is 23.3. The van der Waals surface area contributed by atoms with Gasteiger partial charge in [0, 0.05) is 32.8 Å². The molecule has 1 heterocycles. The first-order valence-corrected chi connectivity index (χ1v) is 14.9. The number of thiazole rings is 1. The van der Waals surface area contributed by atoms with Crippen LogP contribution in [0.3, 0.4) is 0 Å². The molecule has 6 aromatic rings. The summed E-state index contributed by atoms with van der Waals surface area (Å²) < 4.78 is 6.15. The van der Waals surface area contributed by atoms with Gasteiger partial charge < -0.3 is 10.1 Å². The Hall–Kier alpha value is -4.98. The monoisotopic (exact) mass is 602 g/mol. The van der Waals surface area contributed by atoms with Crippen molar-refractivity contribution in [3.05, 3.63) is 142 Å². The molecule has 0 bridgehead atoms. The summed E-state index contributed by atoms with van der Waals surface area (Å²) in [4.78, 5) is 17.5. The minimum atomic E-state index is -0.331. The van der Waals surface area contributed by atoms with E-state index >= 15 is 0 Å². The number of nitrogens with one attached hydrogen (secondary N) is 2. The van der Waals surface area contributed by atoms with Crippen LogP contribution in [0.25, 0.3) is 22.0 Å². The van der Waals surface area contributed by atoms with Gasteiger partial charge in [0.15, 0.2) is 5.13 Å². The van der Waals surface area contributed by atoms with Gasteiger partial charge in [-0.3, -0.25) is 4.79 Å². The molecule has 0 saturated heterocycles. The van der Waals surface area contributed by atoms with E-state index in [1.54, 1.807) is 30.3 Å². The van der Waals surface area contributed by atoms with Crippen molar-refractivity contribution in [1.82, 2.24) is 10.4 Å². The number of hydrogen-bond donors (Lipinski definition) is 2. The standard InChI is InChI=1S/C35H27ClN4O2S/c1-23-9-16-30(17-10-23)38-35-39-32(22-43-35)25-11-13-26(14-12-25)34(41)40-37-20-28-19-29(36)15-18-33(28)42-21-27-7-4-6-24-5-2-3-8-31(24)27/h2-20,22H,21H2,1H3,(H,38,39)(H,40,41)/b37-20-. The van der Waals surface area contributed by atoms with E-state index in [0.717, 1.165) is 38.4 Å². The summed E-state index contributed by atoms with van der Waals surface area (Å²) in [5.41, 5.74) is 8.74. The number of nitrogens with zero attached hydrogens (tertiary/aromatic N) is 2. The molecule has 6 nitrogen and oxygen atoms in total. The van der Waals surface area contributed by atoms with Crippen molar-refractivity contribution in [2.24, 2.45) is 5.10 Å². The second kappa shape index (κ2) is 12.9. The first-order chi connectivity index (χ1) is 21.0. The van der Waals surface area contributed by atoms with E-state index in [2.05, 4.69) is 58.1 Å². The predicted molar refractivity (Wildman–Crippen MR) is 177 cm³/mol. The van der Waals surface area contributed by atoms with Gasteiger partial charge in [-0.25, -0.2) is 10.4 Å². The van der Waals surface area contributed by atoms with Crippen LogP contribution in [0.1, 0.15) is 27.0 Å². The quantitative estimate of drug-likeness (QED) is 0.128. The summed E-state index contributed by atoms with van der Waals surface area (Å²) in [5, 5.41) is 13.1.